The average molecular weight is 231 g/mol. The van der Waals surface area contributed by atoms with Crippen LogP contribution in [0.2, 0.25) is 0 Å². The number of allylic oxidation sites excluding steroid dienone is 6. The molecule has 1 unspecified atom stereocenters. The molecular formula is C10H8Cl2S. The lowest BCUT2D eigenvalue weighted by molar-refractivity contribution is 0.638. The first-order valence-electron chi connectivity index (χ1n) is 4.15. The molecule has 0 aromatic rings. The number of fused-ring (bicyclic) bond motifs is 1. The van der Waals surface area contributed by atoms with E-state index < -0.39 is 0 Å². The van der Waals surface area contributed by atoms with Crippen LogP contribution in [0.25, 0.3) is 0 Å². The maximum absolute atomic E-state index is 5.99. The summed E-state index contributed by atoms with van der Waals surface area (Å²) < 4.78 is 0. The van der Waals surface area contributed by atoms with Gasteiger partial charge in [-0.15, -0.1) is 0 Å². The van der Waals surface area contributed by atoms with Crippen molar-refractivity contribution in [3.8, 4) is 0 Å². The molecule has 0 amide bonds. The van der Waals surface area contributed by atoms with Crippen LogP contribution in [0.4, 0.5) is 0 Å². The summed E-state index contributed by atoms with van der Waals surface area (Å²) in [5, 5.41) is 1.28. The summed E-state index contributed by atoms with van der Waals surface area (Å²) in [6, 6.07) is 0. The zero-order valence-corrected chi connectivity index (χ0v) is 9.22. The Hall–Kier alpha value is -0.110. The van der Waals surface area contributed by atoms with E-state index in [2.05, 4.69) is 6.08 Å². The van der Waals surface area contributed by atoms with E-state index >= 15 is 0 Å². The van der Waals surface area contributed by atoms with E-state index in [0.29, 0.717) is 16.0 Å². The first kappa shape index (κ1) is 9.45. The van der Waals surface area contributed by atoms with Crippen LogP contribution in [-0.4, -0.2) is 4.86 Å². The van der Waals surface area contributed by atoms with Gasteiger partial charge in [-0.3, -0.25) is 0 Å². The zero-order valence-electron chi connectivity index (χ0n) is 6.89. The maximum Gasteiger partial charge on any atom is 0.0734 e. The van der Waals surface area contributed by atoms with Crippen LogP contribution in [0, 0.1) is 5.92 Å². The van der Waals surface area contributed by atoms with Gasteiger partial charge in [0.05, 0.1) is 9.90 Å². The molecule has 2 rings (SSSR count). The van der Waals surface area contributed by atoms with E-state index in [1.165, 1.54) is 5.57 Å². The van der Waals surface area contributed by atoms with Gasteiger partial charge in [0.15, 0.2) is 0 Å². The molecule has 0 radical (unpaired) electrons. The van der Waals surface area contributed by atoms with E-state index in [4.69, 9.17) is 35.4 Å². The molecule has 13 heavy (non-hydrogen) atoms. The summed E-state index contributed by atoms with van der Waals surface area (Å²) in [6.45, 7) is 0. The Labute approximate surface area is 92.9 Å². The highest BCUT2D eigenvalue weighted by molar-refractivity contribution is 7.81. The third-order valence-electron chi connectivity index (χ3n) is 2.40. The summed E-state index contributed by atoms with van der Waals surface area (Å²) in [7, 11) is 0. The average Bonchev–Trinajstić information content (AvgIpc) is 2.15. The Bertz CT molecular complexity index is 350. The summed E-state index contributed by atoms with van der Waals surface area (Å²) in [4.78, 5) is 0.729. The van der Waals surface area contributed by atoms with E-state index in [1.807, 2.05) is 12.2 Å². The standard InChI is InChI=1S/C10H8Cl2S/c11-8-5-6-3-1-2-4-7(6)10(13)9(8)12/h1-2,4,6H,3,5H2. The fraction of sp³-hybridized carbons (Fsp3) is 0.300. The van der Waals surface area contributed by atoms with Gasteiger partial charge in [0.1, 0.15) is 0 Å². The Morgan fingerprint density at radius 3 is 2.92 bits per heavy atom. The second kappa shape index (κ2) is 3.56. The first-order chi connectivity index (χ1) is 6.20. The topological polar surface area (TPSA) is 0 Å². The van der Waals surface area contributed by atoms with Gasteiger partial charge in [0.25, 0.3) is 0 Å². The normalized spacial score (nSPS) is 27.4. The van der Waals surface area contributed by atoms with Gasteiger partial charge in [0.2, 0.25) is 0 Å². The van der Waals surface area contributed by atoms with E-state index in [-0.39, 0.29) is 0 Å². The molecule has 0 bridgehead atoms. The Morgan fingerprint density at radius 2 is 2.15 bits per heavy atom. The predicted octanol–water partition coefficient (Wildman–Crippen LogP) is 3.95. The molecule has 0 heterocycles. The minimum atomic E-state index is 0.451. The molecule has 0 fully saturated rings. The summed E-state index contributed by atoms with van der Waals surface area (Å²) >= 11 is 17.2. The summed E-state index contributed by atoms with van der Waals surface area (Å²) in [5.74, 6) is 0.451. The van der Waals surface area contributed by atoms with Gasteiger partial charge < -0.3 is 0 Å². The van der Waals surface area contributed by atoms with Crippen molar-refractivity contribution in [3.63, 3.8) is 0 Å². The number of halogens is 2. The SMILES string of the molecule is S=C1C2=CC=CCC2CC(Cl)=C1Cl. The van der Waals surface area contributed by atoms with Crippen molar-refractivity contribution in [3.05, 3.63) is 33.9 Å². The molecule has 0 spiro atoms. The molecule has 0 aliphatic heterocycles. The van der Waals surface area contributed by atoms with Crippen molar-refractivity contribution in [2.45, 2.75) is 12.8 Å². The van der Waals surface area contributed by atoms with Gasteiger partial charge in [0, 0.05) is 5.03 Å². The molecular weight excluding hydrogens is 223 g/mol. The van der Waals surface area contributed by atoms with Crippen molar-refractivity contribution >= 4 is 40.3 Å². The minimum Gasteiger partial charge on any atom is -0.0875 e. The first-order valence-corrected chi connectivity index (χ1v) is 5.32. The van der Waals surface area contributed by atoms with Crippen molar-refractivity contribution in [1.82, 2.24) is 0 Å². The lowest BCUT2D eigenvalue weighted by atomic mass is 9.83. The molecule has 68 valence electrons. The van der Waals surface area contributed by atoms with Crippen molar-refractivity contribution in [2.75, 3.05) is 0 Å². The lowest BCUT2D eigenvalue weighted by Gasteiger charge is -2.26. The maximum atomic E-state index is 5.99. The van der Waals surface area contributed by atoms with Gasteiger partial charge in [-0.05, 0) is 24.3 Å². The second-order valence-electron chi connectivity index (χ2n) is 3.23. The van der Waals surface area contributed by atoms with Crippen molar-refractivity contribution in [1.29, 1.82) is 0 Å². The minimum absolute atomic E-state index is 0.451. The summed E-state index contributed by atoms with van der Waals surface area (Å²) in [5.41, 5.74) is 1.17. The molecule has 2 aliphatic carbocycles. The van der Waals surface area contributed by atoms with Gasteiger partial charge in [-0.2, -0.15) is 0 Å². The third-order valence-corrected chi connectivity index (χ3v) is 3.81. The fourth-order valence-electron chi connectivity index (χ4n) is 1.69. The highest BCUT2D eigenvalue weighted by atomic mass is 35.5. The molecule has 0 saturated heterocycles. The highest BCUT2D eigenvalue weighted by Crippen LogP contribution is 2.39. The van der Waals surface area contributed by atoms with Crippen molar-refractivity contribution < 1.29 is 0 Å². The van der Waals surface area contributed by atoms with Gasteiger partial charge >= 0.3 is 0 Å². The van der Waals surface area contributed by atoms with Crippen LogP contribution in [-0.2, 0) is 0 Å². The van der Waals surface area contributed by atoms with Gasteiger partial charge in [-0.25, -0.2) is 0 Å². The largest absolute Gasteiger partial charge is 0.0875 e. The second-order valence-corrected chi connectivity index (χ2v) is 4.48. The lowest BCUT2D eigenvalue weighted by Crippen LogP contribution is -2.19. The van der Waals surface area contributed by atoms with Crippen LogP contribution in [0.15, 0.2) is 33.9 Å². The number of thiocarbonyl (C=S) groups is 1. The van der Waals surface area contributed by atoms with E-state index in [0.717, 1.165) is 17.7 Å². The van der Waals surface area contributed by atoms with E-state index in [1.54, 1.807) is 0 Å². The molecule has 0 saturated carbocycles. The molecule has 0 aromatic carbocycles. The molecule has 0 N–H and O–H groups in total. The molecule has 0 aromatic heterocycles. The Balaban J connectivity index is 2.43. The number of hydrogen-bond donors (Lipinski definition) is 0. The van der Waals surface area contributed by atoms with Crippen LogP contribution >= 0.6 is 35.4 Å². The smallest absolute Gasteiger partial charge is 0.0734 e. The van der Waals surface area contributed by atoms with Crippen LogP contribution in [0.3, 0.4) is 0 Å². The molecule has 3 heteroatoms. The van der Waals surface area contributed by atoms with Gasteiger partial charge in [-0.1, -0.05) is 53.6 Å². The van der Waals surface area contributed by atoms with Crippen LogP contribution in [0.1, 0.15) is 12.8 Å². The molecule has 1 atom stereocenters. The summed E-state index contributed by atoms with van der Waals surface area (Å²) in [6.07, 6.45) is 8.06. The van der Waals surface area contributed by atoms with Crippen LogP contribution < -0.4 is 0 Å². The quantitative estimate of drug-likeness (QED) is 0.569. The van der Waals surface area contributed by atoms with E-state index in [9.17, 15) is 0 Å². The fourth-order valence-corrected chi connectivity index (χ4v) is 2.57. The predicted molar refractivity (Wildman–Crippen MR) is 61.3 cm³/mol. The Morgan fingerprint density at radius 1 is 1.38 bits per heavy atom. The molecule has 2 aliphatic rings. The number of rotatable bonds is 0. The third kappa shape index (κ3) is 1.61. The van der Waals surface area contributed by atoms with Crippen LogP contribution in [0.5, 0.6) is 0 Å². The Kier molecular flexibility index (Phi) is 2.59. The zero-order chi connectivity index (χ0) is 9.42. The van der Waals surface area contributed by atoms with Crippen molar-refractivity contribution in [2.24, 2.45) is 5.92 Å². The number of hydrogen-bond acceptors (Lipinski definition) is 1. The molecule has 0 nitrogen and oxygen atoms in total. The highest BCUT2D eigenvalue weighted by Gasteiger charge is 2.27. The monoisotopic (exact) mass is 230 g/mol.